The number of nitrogens with zero attached hydrogens (tertiary/aromatic N) is 1. The van der Waals surface area contributed by atoms with Gasteiger partial charge in [0.2, 0.25) is 0 Å². The molecule has 0 atom stereocenters. The van der Waals surface area contributed by atoms with Crippen LogP contribution in [-0.2, 0) is 4.18 Å². The van der Waals surface area contributed by atoms with Crippen LogP contribution in [0.15, 0.2) is 0 Å². The molecular formula is C3H5NOS. The van der Waals surface area contributed by atoms with Crippen molar-refractivity contribution < 1.29 is 5.55 Å². The Balaban J connectivity index is 2.60. The molecule has 0 aliphatic rings. The largest absolute Gasteiger partial charge is 0.301 e. The van der Waals surface area contributed by atoms with E-state index in [-0.39, 0.29) is 12.8 Å². The third kappa shape index (κ3) is 3.80. The van der Waals surface area contributed by atoms with Crippen LogP contribution in [0.3, 0.4) is 0 Å². The van der Waals surface area contributed by atoms with Crippen molar-refractivity contribution >= 4 is 12.0 Å². The molecule has 0 aromatic carbocycles. The average molecular weight is 104 g/mol. The summed E-state index contributed by atoms with van der Waals surface area (Å²) in [5.74, 6) is 0. The van der Waals surface area contributed by atoms with Gasteiger partial charge in [-0.1, -0.05) is 0 Å². The third-order valence-electron chi connectivity index (χ3n) is 0.207. The van der Waals surface area contributed by atoms with Crippen molar-refractivity contribution in [2.45, 2.75) is 0 Å². The smallest absolute Gasteiger partial charge is 0.148 e. The summed E-state index contributed by atoms with van der Waals surface area (Å²) in [5, 5.41) is 7.84. The van der Waals surface area contributed by atoms with E-state index in [0.717, 1.165) is 12.0 Å². The first-order valence-electron chi connectivity index (χ1n) is 2.03. The molecule has 3 heteroatoms. The fourth-order valence-electron chi connectivity index (χ4n) is 0.0680. The lowest BCUT2D eigenvalue weighted by atomic mass is 10.9. The molecule has 6 heavy (non-hydrogen) atoms. The van der Waals surface area contributed by atoms with Crippen LogP contribution in [-0.4, -0.2) is 12.8 Å². The second kappa shape index (κ2) is 4.80. The molecule has 0 saturated carbocycles. The van der Waals surface area contributed by atoms with Crippen molar-refractivity contribution in [3.8, 4) is 6.07 Å². The summed E-state index contributed by atoms with van der Waals surface area (Å²) in [7, 11) is 0. The summed E-state index contributed by atoms with van der Waals surface area (Å²) >= 11 is 0.977. The van der Waals surface area contributed by atoms with Crippen LogP contribution in [0.4, 0.5) is 0 Å². The fourth-order valence-corrected chi connectivity index (χ4v) is 0.204. The minimum absolute atomic E-state index is 0.0730. The van der Waals surface area contributed by atoms with Gasteiger partial charge in [-0.15, -0.1) is 0 Å². The molecule has 0 aromatic heterocycles. The number of hydrogen-bond donors (Lipinski definition) is 0. The average Bonchev–Trinajstić information content (AvgIpc) is 1.69. The number of hydrogen-bond acceptors (Lipinski definition) is 3. The van der Waals surface area contributed by atoms with E-state index in [1.165, 1.54) is 0 Å². The number of nitriles is 1. The van der Waals surface area contributed by atoms with Crippen LogP contribution in [0.1, 0.15) is 1.37 Å². The van der Waals surface area contributed by atoms with Crippen molar-refractivity contribution in [3.05, 3.63) is 0 Å². The molecule has 0 rings (SSSR count). The first-order chi connectivity index (χ1) is 3.41. The highest BCUT2D eigenvalue weighted by molar-refractivity contribution is 7.93. The molecule has 0 N–H and O–H groups in total. The minimum atomic E-state index is 0.0730. The van der Waals surface area contributed by atoms with E-state index in [1.54, 1.807) is 6.07 Å². The first kappa shape index (κ1) is 3.97. The summed E-state index contributed by atoms with van der Waals surface area (Å²) in [6.07, 6.45) is 0.154. The van der Waals surface area contributed by atoms with Crippen molar-refractivity contribution in [3.63, 3.8) is 0 Å². The van der Waals surface area contributed by atoms with Crippen LogP contribution in [0.5, 0.6) is 0 Å². The van der Waals surface area contributed by atoms with Crippen LogP contribution < -0.4 is 0 Å². The SMILES string of the molecule is [2H]CSOCC#N. The Morgan fingerprint density at radius 2 is 3.17 bits per heavy atom. The van der Waals surface area contributed by atoms with Gasteiger partial charge in [-0.25, -0.2) is 0 Å². The zero-order valence-corrected chi connectivity index (χ0v) is 3.99. The van der Waals surface area contributed by atoms with Gasteiger partial charge in [0.15, 0.2) is 0 Å². The maximum absolute atomic E-state index is 7.84. The summed E-state index contributed by atoms with van der Waals surface area (Å²) in [5.41, 5.74) is 0. The summed E-state index contributed by atoms with van der Waals surface area (Å²) in [6.45, 7) is 0.0730. The zero-order chi connectivity index (χ0) is 5.54. The normalized spacial score (nSPS) is 9.50. The topological polar surface area (TPSA) is 33.0 Å². The van der Waals surface area contributed by atoms with E-state index >= 15 is 0 Å². The molecule has 2 nitrogen and oxygen atoms in total. The predicted molar refractivity (Wildman–Crippen MR) is 25.1 cm³/mol. The van der Waals surface area contributed by atoms with Gasteiger partial charge in [0.05, 0.1) is 6.07 Å². The van der Waals surface area contributed by atoms with Crippen molar-refractivity contribution in [2.24, 2.45) is 0 Å². The van der Waals surface area contributed by atoms with Crippen LogP contribution in [0, 0.1) is 11.3 Å². The first-order valence-corrected chi connectivity index (χ1v) is 2.23. The molecule has 0 radical (unpaired) electrons. The van der Waals surface area contributed by atoms with Crippen LogP contribution in [0.25, 0.3) is 0 Å². The Labute approximate surface area is 42.7 Å². The van der Waals surface area contributed by atoms with E-state index in [2.05, 4.69) is 4.18 Å². The Morgan fingerprint density at radius 3 is 3.67 bits per heavy atom. The Morgan fingerprint density at radius 1 is 2.33 bits per heavy atom. The molecule has 0 spiro atoms. The lowest BCUT2D eigenvalue weighted by molar-refractivity contribution is 0.437. The van der Waals surface area contributed by atoms with Gasteiger partial charge in [-0.2, -0.15) is 5.26 Å². The van der Waals surface area contributed by atoms with Crippen molar-refractivity contribution in [2.75, 3.05) is 12.8 Å². The molecular weight excluding hydrogens is 98.1 g/mol. The van der Waals surface area contributed by atoms with E-state index < -0.39 is 0 Å². The highest BCUT2D eigenvalue weighted by Crippen LogP contribution is 1.90. The second-order valence-electron chi connectivity index (χ2n) is 0.538. The second-order valence-corrected chi connectivity index (χ2v) is 1.01. The molecule has 0 amide bonds. The highest BCUT2D eigenvalue weighted by atomic mass is 32.2. The molecule has 0 aromatic rings. The Hall–Kier alpha value is -0.200. The molecule has 0 heterocycles. The van der Waals surface area contributed by atoms with Crippen LogP contribution in [0.2, 0.25) is 0 Å². The quantitative estimate of drug-likeness (QED) is 0.384. The molecule has 34 valence electrons. The van der Waals surface area contributed by atoms with E-state index in [0.29, 0.717) is 0 Å². The van der Waals surface area contributed by atoms with E-state index in [9.17, 15) is 0 Å². The predicted octanol–water partition coefficient (Wildman–Crippen LogP) is 0.805. The third-order valence-corrected chi connectivity index (χ3v) is 0.491. The molecule has 0 unspecified atom stereocenters. The number of rotatable bonds is 2. The fraction of sp³-hybridized carbons (Fsp3) is 0.667. The van der Waals surface area contributed by atoms with Gasteiger partial charge >= 0.3 is 0 Å². The van der Waals surface area contributed by atoms with Gasteiger partial charge in [-0.05, 0) is 12.0 Å². The van der Waals surface area contributed by atoms with Gasteiger partial charge in [0.1, 0.15) is 6.61 Å². The van der Waals surface area contributed by atoms with Crippen LogP contribution >= 0.6 is 12.0 Å². The Kier molecular flexibility index (Phi) is 3.18. The maximum Gasteiger partial charge on any atom is 0.148 e. The summed E-state index contributed by atoms with van der Waals surface area (Å²) < 4.78 is 11.0. The zero-order valence-electron chi connectivity index (χ0n) is 4.18. The molecule has 0 aliphatic heterocycles. The molecule has 0 bridgehead atoms. The van der Waals surface area contributed by atoms with Gasteiger partial charge < -0.3 is 4.18 Å². The molecule has 0 saturated heterocycles. The Bertz CT molecular complexity index is 71.8. The standard InChI is InChI=1S/C3H5NOS/c1-6-5-3-2-4/h3H2,1H3/i1D. The van der Waals surface area contributed by atoms with Gasteiger partial charge in [0, 0.05) is 7.60 Å². The van der Waals surface area contributed by atoms with E-state index in [1.807, 2.05) is 0 Å². The van der Waals surface area contributed by atoms with Gasteiger partial charge in [0.25, 0.3) is 0 Å². The summed E-state index contributed by atoms with van der Waals surface area (Å²) in [6, 6.07) is 1.78. The lowest BCUT2D eigenvalue weighted by Gasteiger charge is -1.82. The minimum Gasteiger partial charge on any atom is -0.301 e. The highest BCUT2D eigenvalue weighted by Gasteiger charge is 1.72. The molecule has 0 aliphatic carbocycles. The van der Waals surface area contributed by atoms with E-state index in [4.69, 9.17) is 6.63 Å². The monoisotopic (exact) mass is 104 g/mol. The van der Waals surface area contributed by atoms with Gasteiger partial charge in [-0.3, -0.25) is 0 Å². The molecule has 0 fully saturated rings. The van der Waals surface area contributed by atoms with Crippen molar-refractivity contribution in [1.82, 2.24) is 0 Å². The maximum atomic E-state index is 7.84. The lowest BCUT2D eigenvalue weighted by Crippen LogP contribution is -1.75. The van der Waals surface area contributed by atoms with Crippen molar-refractivity contribution in [1.29, 1.82) is 5.26 Å². The summed E-state index contributed by atoms with van der Waals surface area (Å²) in [4.78, 5) is 0.